The molecule has 0 radical (unpaired) electrons. The first-order valence-corrected chi connectivity index (χ1v) is 5.21. The fourth-order valence-corrected chi connectivity index (χ4v) is 1.41. The second-order valence-corrected chi connectivity index (χ2v) is 3.87. The predicted octanol–water partition coefficient (Wildman–Crippen LogP) is 2.23. The predicted molar refractivity (Wildman–Crippen MR) is 60.5 cm³/mol. The van der Waals surface area contributed by atoms with Crippen molar-refractivity contribution in [2.75, 3.05) is 0 Å². The molecule has 1 aromatic heterocycles. The summed E-state index contributed by atoms with van der Waals surface area (Å²) in [6, 6.07) is 7.59. The maximum absolute atomic E-state index is 10.8. The standard InChI is InChI=1S/C12H12N2O3/c1-7-4-3-5-9(6-7)11-14-13-10(17-11)8(2)12(15)16/h3-6,8H,1-2H3,(H,15,16). The van der Waals surface area contributed by atoms with Gasteiger partial charge in [-0.25, -0.2) is 0 Å². The molecule has 1 aromatic carbocycles. The third-order valence-electron chi connectivity index (χ3n) is 2.45. The highest BCUT2D eigenvalue weighted by Crippen LogP contribution is 2.22. The summed E-state index contributed by atoms with van der Waals surface area (Å²) in [6.07, 6.45) is 0. The summed E-state index contributed by atoms with van der Waals surface area (Å²) in [6.45, 7) is 3.47. The molecule has 0 spiro atoms. The lowest BCUT2D eigenvalue weighted by atomic mass is 10.1. The molecule has 0 fully saturated rings. The number of hydrogen-bond donors (Lipinski definition) is 1. The second kappa shape index (κ2) is 4.37. The van der Waals surface area contributed by atoms with Gasteiger partial charge < -0.3 is 9.52 Å². The van der Waals surface area contributed by atoms with Crippen molar-refractivity contribution in [3.05, 3.63) is 35.7 Å². The highest BCUT2D eigenvalue weighted by Gasteiger charge is 2.21. The van der Waals surface area contributed by atoms with Crippen LogP contribution in [0.25, 0.3) is 11.5 Å². The van der Waals surface area contributed by atoms with Crippen LogP contribution in [0, 0.1) is 6.92 Å². The number of aryl methyl sites for hydroxylation is 1. The van der Waals surface area contributed by atoms with E-state index in [1.807, 2.05) is 31.2 Å². The SMILES string of the molecule is Cc1cccc(-c2nnc(C(C)C(=O)O)o2)c1. The summed E-state index contributed by atoms with van der Waals surface area (Å²) in [4.78, 5) is 10.8. The van der Waals surface area contributed by atoms with Crippen molar-refractivity contribution in [3.8, 4) is 11.5 Å². The van der Waals surface area contributed by atoms with Gasteiger partial charge >= 0.3 is 5.97 Å². The molecule has 2 aromatic rings. The highest BCUT2D eigenvalue weighted by atomic mass is 16.4. The molecule has 1 unspecified atom stereocenters. The summed E-state index contributed by atoms with van der Waals surface area (Å²) in [5, 5.41) is 16.4. The van der Waals surface area contributed by atoms with Crippen LogP contribution in [0.1, 0.15) is 24.3 Å². The van der Waals surface area contributed by atoms with Crippen molar-refractivity contribution in [1.82, 2.24) is 10.2 Å². The zero-order valence-electron chi connectivity index (χ0n) is 9.54. The molecule has 0 amide bonds. The zero-order valence-corrected chi connectivity index (χ0v) is 9.54. The molecule has 1 atom stereocenters. The summed E-state index contributed by atoms with van der Waals surface area (Å²) < 4.78 is 5.34. The van der Waals surface area contributed by atoms with Crippen LogP contribution >= 0.6 is 0 Å². The Hall–Kier alpha value is -2.17. The lowest BCUT2D eigenvalue weighted by Gasteiger charge is -1.98. The molecule has 0 aliphatic heterocycles. The normalized spacial score (nSPS) is 12.4. The van der Waals surface area contributed by atoms with Gasteiger partial charge in [-0.05, 0) is 26.0 Å². The number of nitrogens with zero attached hydrogens (tertiary/aromatic N) is 2. The molecule has 5 nitrogen and oxygen atoms in total. The molecule has 17 heavy (non-hydrogen) atoms. The molecule has 0 saturated heterocycles. The number of benzene rings is 1. The Morgan fingerprint density at radius 2 is 2.18 bits per heavy atom. The van der Waals surface area contributed by atoms with E-state index in [-0.39, 0.29) is 5.89 Å². The Bertz CT molecular complexity index is 548. The third kappa shape index (κ3) is 2.33. The third-order valence-corrected chi connectivity index (χ3v) is 2.45. The molecule has 1 heterocycles. The van der Waals surface area contributed by atoms with Gasteiger partial charge in [0.15, 0.2) is 0 Å². The quantitative estimate of drug-likeness (QED) is 0.878. The van der Waals surface area contributed by atoms with Gasteiger partial charge in [-0.2, -0.15) is 0 Å². The van der Waals surface area contributed by atoms with Crippen LogP contribution in [0.5, 0.6) is 0 Å². The highest BCUT2D eigenvalue weighted by molar-refractivity contribution is 5.74. The van der Waals surface area contributed by atoms with Gasteiger partial charge in [-0.3, -0.25) is 4.79 Å². The van der Waals surface area contributed by atoms with E-state index in [0.717, 1.165) is 11.1 Å². The average Bonchev–Trinajstić information content (AvgIpc) is 2.77. The van der Waals surface area contributed by atoms with Crippen LogP contribution in [0.2, 0.25) is 0 Å². The molecular formula is C12H12N2O3. The Morgan fingerprint density at radius 3 is 2.82 bits per heavy atom. The Balaban J connectivity index is 2.33. The fraction of sp³-hybridized carbons (Fsp3) is 0.250. The van der Waals surface area contributed by atoms with Crippen molar-refractivity contribution in [1.29, 1.82) is 0 Å². The van der Waals surface area contributed by atoms with E-state index < -0.39 is 11.9 Å². The van der Waals surface area contributed by atoms with Crippen LogP contribution in [0.3, 0.4) is 0 Å². The minimum absolute atomic E-state index is 0.119. The van der Waals surface area contributed by atoms with Gasteiger partial charge in [0, 0.05) is 5.56 Å². The van der Waals surface area contributed by atoms with Gasteiger partial charge in [0.05, 0.1) is 0 Å². The first-order chi connectivity index (χ1) is 8.08. The van der Waals surface area contributed by atoms with Crippen molar-refractivity contribution in [2.45, 2.75) is 19.8 Å². The molecular weight excluding hydrogens is 220 g/mol. The lowest BCUT2D eigenvalue weighted by molar-refractivity contribution is -0.138. The first kappa shape index (κ1) is 11.3. The average molecular weight is 232 g/mol. The topological polar surface area (TPSA) is 76.2 Å². The number of carbonyl (C=O) groups is 1. The van der Waals surface area contributed by atoms with E-state index in [0.29, 0.717) is 5.89 Å². The molecule has 88 valence electrons. The van der Waals surface area contributed by atoms with Crippen molar-refractivity contribution >= 4 is 5.97 Å². The van der Waals surface area contributed by atoms with E-state index in [9.17, 15) is 4.79 Å². The fourth-order valence-electron chi connectivity index (χ4n) is 1.41. The van der Waals surface area contributed by atoms with Crippen LogP contribution in [-0.2, 0) is 4.79 Å². The van der Waals surface area contributed by atoms with Gasteiger partial charge in [-0.15, -0.1) is 10.2 Å². The second-order valence-electron chi connectivity index (χ2n) is 3.87. The number of hydrogen-bond acceptors (Lipinski definition) is 4. The van der Waals surface area contributed by atoms with Gasteiger partial charge in [0.1, 0.15) is 5.92 Å². The maximum atomic E-state index is 10.8. The maximum Gasteiger partial charge on any atom is 0.315 e. The molecule has 2 rings (SSSR count). The van der Waals surface area contributed by atoms with Crippen LogP contribution in [-0.4, -0.2) is 21.3 Å². The van der Waals surface area contributed by atoms with Crippen LogP contribution in [0.15, 0.2) is 28.7 Å². The number of carboxylic acids is 1. The van der Waals surface area contributed by atoms with Crippen molar-refractivity contribution < 1.29 is 14.3 Å². The molecule has 0 aliphatic rings. The van der Waals surface area contributed by atoms with Crippen LogP contribution < -0.4 is 0 Å². The van der Waals surface area contributed by atoms with Crippen molar-refractivity contribution in [3.63, 3.8) is 0 Å². The number of rotatable bonds is 3. The van der Waals surface area contributed by atoms with E-state index >= 15 is 0 Å². The molecule has 0 bridgehead atoms. The number of carboxylic acid groups (broad SMARTS) is 1. The minimum Gasteiger partial charge on any atom is -0.481 e. The monoisotopic (exact) mass is 232 g/mol. The Morgan fingerprint density at radius 1 is 1.41 bits per heavy atom. The van der Waals surface area contributed by atoms with Crippen molar-refractivity contribution in [2.24, 2.45) is 0 Å². The van der Waals surface area contributed by atoms with Gasteiger partial charge in [0.2, 0.25) is 11.8 Å². The molecule has 0 saturated carbocycles. The summed E-state index contributed by atoms with van der Waals surface area (Å²) in [5.74, 6) is -1.31. The number of aliphatic carboxylic acids is 1. The largest absolute Gasteiger partial charge is 0.481 e. The Labute approximate surface area is 98.1 Å². The summed E-state index contributed by atoms with van der Waals surface area (Å²) >= 11 is 0. The van der Waals surface area contributed by atoms with E-state index in [1.54, 1.807) is 0 Å². The molecule has 5 heteroatoms. The van der Waals surface area contributed by atoms with E-state index in [4.69, 9.17) is 9.52 Å². The summed E-state index contributed by atoms with van der Waals surface area (Å²) in [7, 11) is 0. The first-order valence-electron chi connectivity index (χ1n) is 5.21. The zero-order chi connectivity index (χ0) is 12.4. The molecule has 0 aliphatic carbocycles. The van der Waals surface area contributed by atoms with Crippen LogP contribution in [0.4, 0.5) is 0 Å². The Kier molecular flexibility index (Phi) is 2.91. The van der Waals surface area contributed by atoms with E-state index in [1.165, 1.54) is 6.92 Å². The summed E-state index contributed by atoms with van der Waals surface area (Å²) in [5.41, 5.74) is 1.87. The number of aromatic nitrogens is 2. The smallest absolute Gasteiger partial charge is 0.315 e. The van der Waals surface area contributed by atoms with E-state index in [2.05, 4.69) is 10.2 Å². The van der Waals surface area contributed by atoms with Gasteiger partial charge in [-0.1, -0.05) is 17.7 Å². The lowest BCUT2D eigenvalue weighted by Crippen LogP contribution is -2.07. The van der Waals surface area contributed by atoms with Gasteiger partial charge in [0.25, 0.3) is 0 Å². The molecule has 1 N–H and O–H groups in total. The minimum atomic E-state index is -0.982.